The lowest BCUT2D eigenvalue weighted by Crippen LogP contribution is -2.15. The van der Waals surface area contributed by atoms with Crippen molar-refractivity contribution in [3.63, 3.8) is 0 Å². The van der Waals surface area contributed by atoms with Gasteiger partial charge in [0.2, 0.25) is 0 Å². The number of hydrogen-bond acceptors (Lipinski definition) is 3. The third kappa shape index (κ3) is 3.09. The van der Waals surface area contributed by atoms with Crippen LogP contribution in [0.25, 0.3) is 22.2 Å². The largest absolute Gasteiger partial charge is 0.340 e. The fraction of sp³-hybridized carbons (Fsp3) is 0.0526. The van der Waals surface area contributed by atoms with Crippen LogP contribution in [0.3, 0.4) is 0 Å². The molecule has 26 heavy (non-hydrogen) atoms. The van der Waals surface area contributed by atoms with E-state index in [9.17, 15) is 9.18 Å². The Morgan fingerprint density at radius 3 is 2.73 bits per heavy atom. The van der Waals surface area contributed by atoms with Crippen LogP contribution in [0.4, 0.5) is 9.52 Å². The highest BCUT2D eigenvalue weighted by atomic mass is 35.5. The zero-order valence-electron chi connectivity index (χ0n) is 13.7. The number of amides is 1. The highest BCUT2D eigenvalue weighted by molar-refractivity contribution is 7.14. The second kappa shape index (κ2) is 6.55. The topological polar surface area (TPSA) is 46.9 Å². The summed E-state index contributed by atoms with van der Waals surface area (Å²) in [6.07, 6.45) is 0. The smallest absolute Gasteiger partial charge is 0.274 e. The fourth-order valence-corrected chi connectivity index (χ4v) is 3.65. The molecule has 0 bridgehead atoms. The Balaban J connectivity index is 1.59. The second-order valence-corrected chi connectivity index (χ2v) is 7.09. The molecule has 0 aliphatic carbocycles. The molecule has 1 N–H and O–H groups in total. The van der Waals surface area contributed by atoms with Crippen molar-refractivity contribution in [1.29, 1.82) is 0 Å². The average molecular weight is 386 g/mol. The van der Waals surface area contributed by atoms with Gasteiger partial charge in [0.25, 0.3) is 5.91 Å². The van der Waals surface area contributed by atoms with Gasteiger partial charge >= 0.3 is 0 Å². The maximum absolute atomic E-state index is 13.0. The van der Waals surface area contributed by atoms with Crippen molar-refractivity contribution in [3.8, 4) is 11.3 Å². The number of thiazole rings is 1. The van der Waals surface area contributed by atoms with Gasteiger partial charge in [0.15, 0.2) is 5.13 Å². The molecule has 0 fully saturated rings. The first-order valence-corrected chi connectivity index (χ1v) is 9.05. The Morgan fingerprint density at radius 2 is 1.96 bits per heavy atom. The summed E-state index contributed by atoms with van der Waals surface area (Å²) in [5.74, 6) is -0.548. The molecule has 7 heteroatoms. The number of halogens is 2. The predicted molar refractivity (Wildman–Crippen MR) is 103 cm³/mol. The minimum absolute atomic E-state index is 0.250. The molecule has 0 aliphatic heterocycles. The summed E-state index contributed by atoms with van der Waals surface area (Å²) in [6, 6.07) is 13.4. The SMILES string of the molecule is Cn1c(C(=O)Nc2nc(-c3ccc(F)cc3)cs2)cc2ccc(Cl)cc21. The number of anilines is 1. The number of aromatic nitrogens is 2. The van der Waals surface area contributed by atoms with E-state index < -0.39 is 0 Å². The quantitative estimate of drug-likeness (QED) is 0.517. The van der Waals surface area contributed by atoms with Crippen molar-refractivity contribution in [2.45, 2.75) is 0 Å². The lowest BCUT2D eigenvalue weighted by molar-refractivity contribution is 0.101. The number of rotatable bonds is 3. The number of fused-ring (bicyclic) bond motifs is 1. The molecule has 2 aromatic heterocycles. The fourth-order valence-electron chi connectivity index (χ4n) is 2.77. The Hall–Kier alpha value is -2.70. The van der Waals surface area contributed by atoms with Gasteiger partial charge in [0.1, 0.15) is 11.5 Å². The van der Waals surface area contributed by atoms with Gasteiger partial charge in [0, 0.05) is 33.9 Å². The third-order valence-corrected chi connectivity index (χ3v) is 5.10. The van der Waals surface area contributed by atoms with Crippen LogP contribution in [0, 0.1) is 5.82 Å². The molecule has 4 aromatic rings. The molecule has 2 aromatic carbocycles. The average Bonchev–Trinajstić information content (AvgIpc) is 3.21. The molecular formula is C19H13ClFN3OS. The summed E-state index contributed by atoms with van der Waals surface area (Å²) in [7, 11) is 1.82. The Labute approximate surface area is 157 Å². The van der Waals surface area contributed by atoms with Gasteiger partial charge < -0.3 is 4.57 Å². The molecule has 4 nitrogen and oxygen atoms in total. The van der Waals surface area contributed by atoms with Crippen molar-refractivity contribution in [2.75, 3.05) is 5.32 Å². The second-order valence-electron chi connectivity index (χ2n) is 5.79. The van der Waals surface area contributed by atoms with Crippen LogP contribution >= 0.6 is 22.9 Å². The van der Waals surface area contributed by atoms with E-state index >= 15 is 0 Å². The molecule has 0 atom stereocenters. The number of hydrogen-bond donors (Lipinski definition) is 1. The van der Waals surface area contributed by atoms with E-state index in [0.717, 1.165) is 16.5 Å². The maximum atomic E-state index is 13.0. The first-order chi connectivity index (χ1) is 12.5. The van der Waals surface area contributed by atoms with Crippen LogP contribution in [0.1, 0.15) is 10.5 Å². The third-order valence-electron chi connectivity index (χ3n) is 4.10. The van der Waals surface area contributed by atoms with E-state index in [1.165, 1.54) is 23.5 Å². The summed E-state index contributed by atoms with van der Waals surface area (Å²) < 4.78 is 14.8. The number of carbonyl (C=O) groups excluding carboxylic acids is 1. The van der Waals surface area contributed by atoms with Gasteiger partial charge in [-0.2, -0.15) is 0 Å². The molecule has 0 saturated carbocycles. The molecule has 0 aliphatic rings. The van der Waals surface area contributed by atoms with Gasteiger partial charge in [-0.3, -0.25) is 10.1 Å². The van der Waals surface area contributed by atoms with E-state index in [0.29, 0.717) is 21.5 Å². The standard InChI is InChI=1S/C19H13ClFN3OS/c1-24-16-9-13(20)5-2-12(16)8-17(24)18(25)23-19-22-15(10-26-19)11-3-6-14(21)7-4-11/h2-10H,1H3,(H,22,23,25). The molecule has 0 spiro atoms. The monoisotopic (exact) mass is 385 g/mol. The van der Waals surface area contributed by atoms with E-state index in [1.54, 1.807) is 22.8 Å². The molecule has 4 rings (SSSR count). The van der Waals surface area contributed by atoms with Gasteiger partial charge in [-0.25, -0.2) is 9.37 Å². The summed E-state index contributed by atoms with van der Waals surface area (Å²) in [5, 5.41) is 6.68. The van der Waals surface area contributed by atoms with Crippen molar-refractivity contribution in [1.82, 2.24) is 9.55 Å². The minimum Gasteiger partial charge on any atom is -0.340 e. The summed E-state index contributed by atoms with van der Waals surface area (Å²) in [5.41, 5.74) is 2.88. The first kappa shape index (κ1) is 16.8. The maximum Gasteiger partial charge on any atom is 0.274 e. The lowest BCUT2D eigenvalue weighted by Gasteiger charge is -2.04. The van der Waals surface area contributed by atoms with Crippen molar-refractivity contribution in [2.24, 2.45) is 7.05 Å². The Morgan fingerprint density at radius 1 is 1.19 bits per heavy atom. The summed E-state index contributed by atoms with van der Waals surface area (Å²) in [6.45, 7) is 0. The number of benzene rings is 2. The molecular weight excluding hydrogens is 373 g/mol. The van der Waals surface area contributed by atoms with Gasteiger partial charge in [-0.1, -0.05) is 17.7 Å². The predicted octanol–water partition coefficient (Wildman–Crippen LogP) is 5.35. The molecule has 0 unspecified atom stereocenters. The molecule has 0 radical (unpaired) electrons. The van der Waals surface area contributed by atoms with Crippen LogP contribution in [0.2, 0.25) is 5.02 Å². The normalized spacial score (nSPS) is 11.0. The van der Waals surface area contributed by atoms with Gasteiger partial charge in [-0.15, -0.1) is 11.3 Å². The van der Waals surface area contributed by atoms with Crippen molar-refractivity contribution >= 4 is 44.9 Å². The highest BCUT2D eigenvalue weighted by Gasteiger charge is 2.15. The zero-order chi connectivity index (χ0) is 18.3. The minimum atomic E-state index is -0.298. The highest BCUT2D eigenvalue weighted by Crippen LogP contribution is 2.27. The van der Waals surface area contributed by atoms with Gasteiger partial charge in [-0.05, 0) is 42.5 Å². The number of nitrogens with one attached hydrogen (secondary N) is 1. The van der Waals surface area contributed by atoms with Crippen LogP contribution in [-0.4, -0.2) is 15.5 Å². The molecule has 130 valence electrons. The van der Waals surface area contributed by atoms with E-state index in [1.807, 2.05) is 30.6 Å². The summed E-state index contributed by atoms with van der Waals surface area (Å²) in [4.78, 5) is 17.0. The van der Waals surface area contributed by atoms with Crippen LogP contribution in [0.5, 0.6) is 0 Å². The van der Waals surface area contributed by atoms with Crippen LogP contribution < -0.4 is 5.32 Å². The number of nitrogens with zero attached hydrogens (tertiary/aromatic N) is 2. The molecule has 2 heterocycles. The lowest BCUT2D eigenvalue weighted by atomic mass is 10.2. The van der Waals surface area contributed by atoms with E-state index in [4.69, 9.17) is 11.6 Å². The molecule has 1 amide bonds. The van der Waals surface area contributed by atoms with E-state index in [2.05, 4.69) is 10.3 Å². The van der Waals surface area contributed by atoms with E-state index in [-0.39, 0.29) is 11.7 Å². The van der Waals surface area contributed by atoms with Crippen LogP contribution in [-0.2, 0) is 7.05 Å². The van der Waals surface area contributed by atoms with Crippen molar-refractivity contribution in [3.05, 3.63) is 70.4 Å². The Kier molecular flexibility index (Phi) is 4.22. The first-order valence-electron chi connectivity index (χ1n) is 7.79. The van der Waals surface area contributed by atoms with Crippen LogP contribution in [0.15, 0.2) is 53.9 Å². The van der Waals surface area contributed by atoms with Crippen molar-refractivity contribution < 1.29 is 9.18 Å². The van der Waals surface area contributed by atoms with Gasteiger partial charge in [0.05, 0.1) is 5.69 Å². The Bertz CT molecular complexity index is 1120. The zero-order valence-corrected chi connectivity index (χ0v) is 15.2. The molecule has 0 saturated heterocycles. The number of carbonyl (C=O) groups is 1. The summed E-state index contributed by atoms with van der Waals surface area (Å²) >= 11 is 7.35. The number of aryl methyl sites for hydroxylation is 1.